The van der Waals surface area contributed by atoms with Crippen molar-refractivity contribution in [3.8, 4) is 0 Å². The number of nitrogens with zero attached hydrogens (tertiary/aromatic N) is 4. The molecule has 2 rings (SSSR count). The first-order valence-corrected chi connectivity index (χ1v) is 7.03. The van der Waals surface area contributed by atoms with Gasteiger partial charge in [-0.15, -0.1) is 0 Å². The summed E-state index contributed by atoms with van der Waals surface area (Å²) in [6, 6.07) is 0. The molecule has 5 nitrogen and oxygen atoms in total. The van der Waals surface area contributed by atoms with Crippen molar-refractivity contribution in [1.82, 2.24) is 14.7 Å². The highest BCUT2D eigenvalue weighted by atomic mass is 15.3. The first kappa shape index (κ1) is 13.9. The molecule has 0 aromatic carbocycles. The summed E-state index contributed by atoms with van der Waals surface area (Å²) in [5.74, 6) is 1.39. The Hall–Kier alpha value is -1.52. The largest absolute Gasteiger partial charge is 0.370 e. The maximum absolute atomic E-state index is 6.11. The van der Waals surface area contributed by atoms with E-state index in [-0.39, 0.29) is 0 Å². The quantitative estimate of drug-likeness (QED) is 0.651. The molecule has 0 amide bonds. The van der Waals surface area contributed by atoms with Crippen LogP contribution in [0.5, 0.6) is 0 Å². The molecule has 106 valence electrons. The van der Waals surface area contributed by atoms with Crippen molar-refractivity contribution in [3.63, 3.8) is 0 Å². The van der Waals surface area contributed by atoms with Crippen LogP contribution in [0.1, 0.15) is 36.7 Å². The van der Waals surface area contributed by atoms with E-state index in [0.29, 0.717) is 18.4 Å². The predicted octanol–water partition coefficient (Wildman–Crippen LogP) is 1.58. The third-order valence-electron chi connectivity index (χ3n) is 4.04. The number of likely N-dealkylation sites (tertiary alicyclic amines) is 1. The highest BCUT2D eigenvalue weighted by Crippen LogP contribution is 2.16. The summed E-state index contributed by atoms with van der Waals surface area (Å²) in [7, 11) is 1.96. The van der Waals surface area contributed by atoms with Gasteiger partial charge in [0.25, 0.3) is 0 Å². The lowest BCUT2D eigenvalue weighted by Crippen LogP contribution is -2.43. The van der Waals surface area contributed by atoms with Crippen LogP contribution in [-0.4, -0.2) is 33.7 Å². The second-order valence-corrected chi connectivity index (χ2v) is 5.64. The third kappa shape index (κ3) is 3.08. The van der Waals surface area contributed by atoms with Gasteiger partial charge in [-0.05, 0) is 32.6 Å². The van der Waals surface area contributed by atoms with Crippen LogP contribution in [0.2, 0.25) is 0 Å². The molecule has 5 heteroatoms. The van der Waals surface area contributed by atoms with Gasteiger partial charge in [-0.2, -0.15) is 5.10 Å². The fourth-order valence-corrected chi connectivity index (χ4v) is 2.70. The smallest absolute Gasteiger partial charge is 0.191 e. The minimum atomic E-state index is 0.627. The molecule has 0 radical (unpaired) electrons. The van der Waals surface area contributed by atoms with Crippen LogP contribution in [0.15, 0.2) is 4.99 Å². The van der Waals surface area contributed by atoms with Gasteiger partial charge in [0, 0.05) is 31.4 Å². The van der Waals surface area contributed by atoms with Gasteiger partial charge in [0.15, 0.2) is 5.96 Å². The molecule has 1 atom stereocenters. The van der Waals surface area contributed by atoms with E-state index < -0.39 is 0 Å². The van der Waals surface area contributed by atoms with Gasteiger partial charge < -0.3 is 10.6 Å². The van der Waals surface area contributed by atoms with Crippen molar-refractivity contribution in [2.75, 3.05) is 13.1 Å². The van der Waals surface area contributed by atoms with E-state index in [1.54, 1.807) is 0 Å². The van der Waals surface area contributed by atoms with Gasteiger partial charge >= 0.3 is 0 Å². The first-order valence-electron chi connectivity index (χ1n) is 7.03. The molecule has 1 saturated heterocycles. The molecule has 0 saturated carbocycles. The standard InChI is InChI=1S/C14H25N5/c1-10-6-5-7-19(9-10)14(15)16-8-13-11(2)17-18(4)12(13)3/h10H,5-9H2,1-4H3,(H2,15,16). The summed E-state index contributed by atoms with van der Waals surface area (Å²) in [6.45, 7) is 9.06. The number of hydrogen-bond donors (Lipinski definition) is 1. The maximum atomic E-state index is 6.11. The SMILES string of the molecule is Cc1nn(C)c(C)c1CN=C(N)N1CCCC(C)C1. The van der Waals surface area contributed by atoms with Gasteiger partial charge in [-0.3, -0.25) is 4.68 Å². The zero-order chi connectivity index (χ0) is 14.0. The van der Waals surface area contributed by atoms with Gasteiger partial charge in [0.2, 0.25) is 0 Å². The summed E-state index contributed by atoms with van der Waals surface area (Å²) >= 11 is 0. The fraction of sp³-hybridized carbons (Fsp3) is 0.714. The second kappa shape index (κ2) is 5.63. The summed E-state index contributed by atoms with van der Waals surface area (Å²) in [5, 5.41) is 4.41. The molecule has 2 heterocycles. The zero-order valence-electron chi connectivity index (χ0n) is 12.5. The number of piperidine rings is 1. The van der Waals surface area contributed by atoms with Gasteiger partial charge in [-0.1, -0.05) is 6.92 Å². The summed E-state index contributed by atoms with van der Waals surface area (Å²) in [6.07, 6.45) is 2.51. The number of rotatable bonds is 2. The lowest BCUT2D eigenvalue weighted by Gasteiger charge is -2.31. The van der Waals surface area contributed by atoms with Crippen LogP contribution >= 0.6 is 0 Å². The topological polar surface area (TPSA) is 59.4 Å². The number of guanidine groups is 1. The molecule has 1 aromatic rings. The van der Waals surface area contributed by atoms with Gasteiger partial charge in [0.05, 0.1) is 12.2 Å². The fourth-order valence-electron chi connectivity index (χ4n) is 2.70. The number of aryl methyl sites for hydroxylation is 2. The summed E-state index contributed by atoms with van der Waals surface area (Å²) in [4.78, 5) is 6.76. The van der Waals surface area contributed by atoms with Crippen molar-refractivity contribution < 1.29 is 0 Å². The molecule has 19 heavy (non-hydrogen) atoms. The Morgan fingerprint density at radius 1 is 1.47 bits per heavy atom. The summed E-state index contributed by atoms with van der Waals surface area (Å²) in [5.41, 5.74) is 9.52. The number of nitrogens with two attached hydrogens (primary N) is 1. The molecule has 0 spiro atoms. The Kier molecular flexibility index (Phi) is 4.12. The van der Waals surface area contributed by atoms with Crippen LogP contribution in [0.4, 0.5) is 0 Å². The molecule has 1 fully saturated rings. The number of hydrogen-bond acceptors (Lipinski definition) is 2. The molecule has 1 unspecified atom stereocenters. The highest BCUT2D eigenvalue weighted by Gasteiger charge is 2.18. The van der Waals surface area contributed by atoms with Crippen molar-refractivity contribution in [2.24, 2.45) is 23.7 Å². The maximum Gasteiger partial charge on any atom is 0.191 e. The highest BCUT2D eigenvalue weighted by molar-refractivity contribution is 5.78. The van der Waals surface area contributed by atoms with Gasteiger partial charge in [-0.25, -0.2) is 4.99 Å². The van der Waals surface area contributed by atoms with Crippen molar-refractivity contribution in [2.45, 2.75) is 40.2 Å². The normalized spacial score (nSPS) is 20.9. The van der Waals surface area contributed by atoms with E-state index in [1.165, 1.54) is 24.1 Å². The van der Waals surface area contributed by atoms with E-state index in [0.717, 1.165) is 18.8 Å². The van der Waals surface area contributed by atoms with Crippen LogP contribution in [0, 0.1) is 19.8 Å². The van der Waals surface area contributed by atoms with E-state index >= 15 is 0 Å². The van der Waals surface area contributed by atoms with Crippen LogP contribution < -0.4 is 5.73 Å². The minimum Gasteiger partial charge on any atom is -0.370 e. The van der Waals surface area contributed by atoms with Crippen LogP contribution in [0.25, 0.3) is 0 Å². The average molecular weight is 263 g/mol. The molecule has 1 aliphatic rings. The average Bonchev–Trinajstić information content (AvgIpc) is 2.61. The molecule has 0 aliphatic carbocycles. The molecule has 1 aromatic heterocycles. The molecule has 2 N–H and O–H groups in total. The van der Waals surface area contributed by atoms with Crippen molar-refractivity contribution in [1.29, 1.82) is 0 Å². The molecule has 1 aliphatic heterocycles. The Labute approximate surface area is 115 Å². The third-order valence-corrected chi connectivity index (χ3v) is 4.04. The zero-order valence-corrected chi connectivity index (χ0v) is 12.5. The monoisotopic (exact) mass is 263 g/mol. The second-order valence-electron chi connectivity index (χ2n) is 5.64. The lowest BCUT2D eigenvalue weighted by atomic mass is 10.0. The van der Waals surface area contributed by atoms with Crippen LogP contribution in [0.3, 0.4) is 0 Å². The first-order chi connectivity index (χ1) is 8.99. The van der Waals surface area contributed by atoms with Crippen molar-refractivity contribution in [3.05, 3.63) is 17.0 Å². The number of aromatic nitrogens is 2. The lowest BCUT2D eigenvalue weighted by molar-refractivity contribution is 0.270. The van der Waals surface area contributed by atoms with Gasteiger partial charge in [0.1, 0.15) is 0 Å². The van der Waals surface area contributed by atoms with Crippen LogP contribution in [-0.2, 0) is 13.6 Å². The molecular weight excluding hydrogens is 238 g/mol. The van der Waals surface area contributed by atoms with Crippen molar-refractivity contribution >= 4 is 5.96 Å². The Bertz CT molecular complexity index is 474. The Morgan fingerprint density at radius 3 is 2.79 bits per heavy atom. The summed E-state index contributed by atoms with van der Waals surface area (Å²) < 4.78 is 1.90. The number of aliphatic imine (C=N–C) groups is 1. The Morgan fingerprint density at radius 2 is 2.21 bits per heavy atom. The predicted molar refractivity (Wildman–Crippen MR) is 78.0 cm³/mol. The van der Waals surface area contributed by atoms with E-state index in [1.807, 2.05) is 18.7 Å². The van der Waals surface area contributed by atoms with E-state index in [4.69, 9.17) is 5.73 Å². The molecular formula is C14H25N5. The minimum absolute atomic E-state index is 0.627. The molecule has 0 bridgehead atoms. The van der Waals surface area contributed by atoms with E-state index in [9.17, 15) is 0 Å². The van der Waals surface area contributed by atoms with E-state index in [2.05, 4.69) is 28.8 Å². The Balaban J connectivity index is 2.05.